The van der Waals surface area contributed by atoms with Crippen molar-refractivity contribution in [3.05, 3.63) is 35.9 Å². The normalized spacial score (nSPS) is 11.6. The molecule has 0 saturated carbocycles. The van der Waals surface area contributed by atoms with Crippen LogP contribution in [0.3, 0.4) is 0 Å². The molecule has 86 valence electrons. The highest BCUT2D eigenvalue weighted by Crippen LogP contribution is 2.00. The number of carbonyl (C=O) groups excluding carboxylic acids is 2. The molecule has 0 heterocycles. The molecule has 2 amide bonds. The minimum absolute atomic E-state index is 0.124. The van der Waals surface area contributed by atoms with Crippen LogP contribution in [0, 0.1) is 0 Å². The lowest BCUT2D eigenvalue weighted by atomic mass is 10.2. The van der Waals surface area contributed by atoms with Crippen LogP contribution in [0.15, 0.2) is 30.3 Å². The molecule has 0 radical (unpaired) electrons. The molecule has 1 atom stereocenters. The van der Waals surface area contributed by atoms with Crippen LogP contribution in [0.2, 0.25) is 0 Å². The highest BCUT2D eigenvalue weighted by molar-refractivity contribution is 5.94. The van der Waals surface area contributed by atoms with E-state index < -0.39 is 18.0 Å². The topological polar surface area (TPSA) is 81.4 Å². The molecule has 0 aromatic heterocycles. The number of imide groups is 1. The molecule has 16 heavy (non-hydrogen) atoms. The lowest BCUT2D eigenvalue weighted by molar-refractivity contribution is -0.121. The van der Waals surface area contributed by atoms with Gasteiger partial charge in [0, 0.05) is 0 Å². The van der Waals surface area contributed by atoms with Crippen molar-refractivity contribution < 1.29 is 14.3 Å². The van der Waals surface area contributed by atoms with E-state index in [4.69, 9.17) is 10.5 Å². The van der Waals surface area contributed by atoms with E-state index in [1.807, 2.05) is 35.6 Å². The van der Waals surface area contributed by atoms with E-state index in [0.29, 0.717) is 0 Å². The van der Waals surface area contributed by atoms with Crippen LogP contribution in [0.25, 0.3) is 0 Å². The van der Waals surface area contributed by atoms with E-state index in [1.165, 1.54) is 6.92 Å². The summed E-state index contributed by atoms with van der Waals surface area (Å²) in [6, 6.07) is 8.45. The van der Waals surface area contributed by atoms with Crippen LogP contribution >= 0.6 is 0 Å². The number of alkyl carbamates (subject to hydrolysis) is 1. The van der Waals surface area contributed by atoms with Crippen LogP contribution in [0.4, 0.5) is 4.79 Å². The first-order valence-electron chi connectivity index (χ1n) is 4.86. The average molecular weight is 222 g/mol. The summed E-state index contributed by atoms with van der Waals surface area (Å²) in [5.41, 5.74) is 6.12. The van der Waals surface area contributed by atoms with Crippen molar-refractivity contribution in [3.63, 3.8) is 0 Å². The third-order valence-electron chi connectivity index (χ3n) is 1.85. The number of benzene rings is 1. The first-order chi connectivity index (χ1) is 7.59. The van der Waals surface area contributed by atoms with Crippen molar-refractivity contribution in [2.75, 3.05) is 0 Å². The van der Waals surface area contributed by atoms with Crippen LogP contribution in [-0.2, 0) is 16.1 Å². The second kappa shape index (κ2) is 5.87. The summed E-state index contributed by atoms with van der Waals surface area (Å²) in [4.78, 5) is 22.1. The quantitative estimate of drug-likeness (QED) is 0.792. The van der Waals surface area contributed by atoms with Gasteiger partial charge in [0.05, 0.1) is 6.04 Å². The Morgan fingerprint density at radius 2 is 2.00 bits per heavy atom. The summed E-state index contributed by atoms with van der Waals surface area (Å²) < 4.78 is 4.82. The Balaban J connectivity index is 2.34. The lowest BCUT2D eigenvalue weighted by Gasteiger charge is -2.07. The summed E-state index contributed by atoms with van der Waals surface area (Å²) in [7, 11) is 0. The van der Waals surface area contributed by atoms with Crippen molar-refractivity contribution in [3.8, 4) is 0 Å². The average Bonchev–Trinajstić information content (AvgIpc) is 2.27. The van der Waals surface area contributed by atoms with Crippen LogP contribution in [0.5, 0.6) is 0 Å². The Morgan fingerprint density at radius 3 is 2.56 bits per heavy atom. The van der Waals surface area contributed by atoms with Gasteiger partial charge in [-0.2, -0.15) is 0 Å². The van der Waals surface area contributed by atoms with Gasteiger partial charge < -0.3 is 10.5 Å². The molecule has 0 spiro atoms. The fraction of sp³-hybridized carbons (Fsp3) is 0.273. The first-order valence-corrected chi connectivity index (χ1v) is 4.86. The first kappa shape index (κ1) is 12.2. The van der Waals surface area contributed by atoms with Crippen molar-refractivity contribution >= 4 is 12.0 Å². The van der Waals surface area contributed by atoms with Crippen molar-refractivity contribution in [2.45, 2.75) is 19.6 Å². The van der Waals surface area contributed by atoms with E-state index in [1.54, 1.807) is 0 Å². The van der Waals surface area contributed by atoms with Gasteiger partial charge in [-0.15, -0.1) is 0 Å². The maximum absolute atomic E-state index is 11.1. The zero-order valence-electron chi connectivity index (χ0n) is 8.97. The number of carbonyl (C=O) groups is 2. The minimum atomic E-state index is -0.786. The molecule has 1 rings (SSSR count). The van der Waals surface area contributed by atoms with E-state index in [9.17, 15) is 9.59 Å². The number of hydrogen-bond acceptors (Lipinski definition) is 4. The molecular formula is C11H14N2O3. The maximum atomic E-state index is 11.1. The molecule has 0 fully saturated rings. The number of nitrogens with one attached hydrogen (secondary N) is 1. The zero-order chi connectivity index (χ0) is 12.0. The van der Waals surface area contributed by atoms with Crippen LogP contribution in [-0.4, -0.2) is 18.0 Å². The molecule has 0 aliphatic rings. The van der Waals surface area contributed by atoms with E-state index in [0.717, 1.165) is 5.56 Å². The third kappa shape index (κ3) is 4.10. The van der Waals surface area contributed by atoms with Crippen molar-refractivity contribution in [2.24, 2.45) is 5.73 Å². The molecule has 0 aliphatic carbocycles. The van der Waals surface area contributed by atoms with Gasteiger partial charge in [-0.3, -0.25) is 10.1 Å². The molecule has 0 saturated heterocycles. The van der Waals surface area contributed by atoms with Gasteiger partial charge in [0.1, 0.15) is 6.61 Å². The number of hydrogen-bond donors (Lipinski definition) is 2. The molecular weight excluding hydrogens is 208 g/mol. The summed E-state index contributed by atoms with van der Waals surface area (Å²) >= 11 is 0. The second-order valence-electron chi connectivity index (χ2n) is 3.34. The third-order valence-corrected chi connectivity index (χ3v) is 1.85. The summed E-state index contributed by atoms with van der Waals surface area (Å²) in [6.45, 7) is 1.61. The Bertz CT molecular complexity index is 363. The smallest absolute Gasteiger partial charge is 0.414 e. The standard InChI is InChI=1S/C11H14N2O3/c1-8(12)10(14)13-11(15)16-7-9-5-3-2-4-6-9/h2-6,8H,7,12H2,1H3,(H,13,14,15). The van der Waals surface area contributed by atoms with Gasteiger partial charge in [0.15, 0.2) is 0 Å². The SMILES string of the molecule is CC(N)C(=O)NC(=O)OCc1ccccc1. The zero-order valence-corrected chi connectivity index (χ0v) is 8.97. The molecule has 1 unspecified atom stereocenters. The predicted octanol–water partition coefficient (Wildman–Crippen LogP) is 0.787. The highest BCUT2D eigenvalue weighted by Gasteiger charge is 2.12. The van der Waals surface area contributed by atoms with Gasteiger partial charge >= 0.3 is 6.09 Å². The Kier molecular flexibility index (Phi) is 4.47. The van der Waals surface area contributed by atoms with Gasteiger partial charge in [0.25, 0.3) is 0 Å². The second-order valence-corrected chi connectivity index (χ2v) is 3.34. The van der Waals surface area contributed by atoms with Gasteiger partial charge in [0.2, 0.25) is 5.91 Å². The van der Waals surface area contributed by atoms with Crippen LogP contribution in [0.1, 0.15) is 12.5 Å². The van der Waals surface area contributed by atoms with Gasteiger partial charge in [-0.25, -0.2) is 4.79 Å². The van der Waals surface area contributed by atoms with Gasteiger partial charge in [-0.1, -0.05) is 30.3 Å². The lowest BCUT2D eigenvalue weighted by Crippen LogP contribution is -2.41. The van der Waals surface area contributed by atoms with E-state index in [2.05, 4.69) is 0 Å². The molecule has 0 bridgehead atoms. The molecule has 3 N–H and O–H groups in total. The van der Waals surface area contributed by atoms with E-state index >= 15 is 0 Å². The Morgan fingerprint density at radius 1 is 1.38 bits per heavy atom. The van der Waals surface area contributed by atoms with E-state index in [-0.39, 0.29) is 6.61 Å². The number of nitrogens with two attached hydrogens (primary N) is 1. The van der Waals surface area contributed by atoms with Gasteiger partial charge in [-0.05, 0) is 12.5 Å². The summed E-state index contributed by atoms with van der Waals surface area (Å²) in [5, 5.41) is 2.02. The minimum Gasteiger partial charge on any atom is -0.444 e. The molecule has 5 heteroatoms. The van der Waals surface area contributed by atoms with Crippen molar-refractivity contribution in [1.29, 1.82) is 0 Å². The highest BCUT2D eigenvalue weighted by atomic mass is 16.5. The fourth-order valence-electron chi connectivity index (χ4n) is 0.974. The number of amides is 2. The number of ether oxygens (including phenoxy) is 1. The molecule has 5 nitrogen and oxygen atoms in total. The monoisotopic (exact) mass is 222 g/mol. The Labute approximate surface area is 93.6 Å². The summed E-state index contributed by atoms with van der Waals surface area (Å²) in [5.74, 6) is -0.557. The largest absolute Gasteiger partial charge is 0.444 e. The predicted molar refractivity (Wildman–Crippen MR) is 58.4 cm³/mol. The number of rotatable bonds is 3. The van der Waals surface area contributed by atoms with Crippen LogP contribution < -0.4 is 11.1 Å². The van der Waals surface area contributed by atoms with Crippen molar-refractivity contribution in [1.82, 2.24) is 5.32 Å². The molecule has 1 aromatic rings. The molecule has 1 aromatic carbocycles. The summed E-state index contributed by atoms with van der Waals surface area (Å²) in [6.07, 6.45) is -0.786. The fourth-order valence-corrected chi connectivity index (χ4v) is 0.974. The Hall–Kier alpha value is -1.88. The molecule has 0 aliphatic heterocycles. The maximum Gasteiger partial charge on any atom is 0.414 e.